The molecule has 0 unspecified atom stereocenters. The summed E-state index contributed by atoms with van der Waals surface area (Å²) >= 11 is 3.17. The number of ether oxygens (including phenoxy) is 1. The Bertz CT molecular complexity index is 542. The van der Waals surface area contributed by atoms with E-state index in [1.54, 1.807) is 24.3 Å². The Hall–Kier alpha value is -1.30. The SMILES string of the molecule is FC(F)(F)COc1cccc2ccc(Br)nc12. The molecule has 1 aromatic carbocycles. The Labute approximate surface area is 104 Å². The van der Waals surface area contributed by atoms with E-state index in [9.17, 15) is 13.2 Å². The van der Waals surface area contributed by atoms with Crippen LogP contribution in [0.5, 0.6) is 5.75 Å². The zero-order chi connectivity index (χ0) is 12.5. The molecule has 2 nitrogen and oxygen atoms in total. The van der Waals surface area contributed by atoms with E-state index in [0.717, 1.165) is 5.39 Å². The molecule has 0 radical (unpaired) electrons. The molecule has 1 aromatic heterocycles. The summed E-state index contributed by atoms with van der Waals surface area (Å²) in [4.78, 5) is 4.10. The second-order valence-corrected chi connectivity index (χ2v) is 4.18. The first-order valence-electron chi connectivity index (χ1n) is 4.70. The number of halogens is 4. The number of nitrogens with zero attached hydrogens (tertiary/aromatic N) is 1. The first-order chi connectivity index (χ1) is 7.96. The third-order valence-electron chi connectivity index (χ3n) is 2.04. The van der Waals surface area contributed by atoms with Gasteiger partial charge in [0.15, 0.2) is 6.61 Å². The lowest BCUT2D eigenvalue weighted by Gasteiger charge is -2.10. The van der Waals surface area contributed by atoms with Gasteiger partial charge in [-0.15, -0.1) is 0 Å². The van der Waals surface area contributed by atoms with Crippen LogP contribution in [0.1, 0.15) is 0 Å². The van der Waals surface area contributed by atoms with Crippen LogP contribution >= 0.6 is 15.9 Å². The predicted octanol–water partition coefficient (Wildman–Crippen LogP) is 3.94. The maximum absolute atomic E-state index is 12.1. The molecule has 90 valence electrons. The first kappa shape index (κ1) is 12.2. The van der Waals surface area contributed by atoms with Gasteiger partial charge in [0.2, 0.25) is 0 Å². The molecular weight excluding hydrogens is 299 g/mol. The molecule has 6 heteroatoms. The second-order valence-electron chi connectivity index (χ2n) is 3.37. The summed E-state index contributed by atoms with van der Waals surface area (Å²) in [6, 6.07) is 8.33. The average molecular weight is 306 g/mol. The van der Waals surface area contributed by atoms with Crippen molar-refractivity contribution in [3.63, 3.8) is 0 Å². The molecule has 0 amide bonds. The van der Waals surface area contributed by atoms with Crippen LogP contribution in [-0.4, -0.2) is 17.8 Å². The van der Waals surface area contributed by atoms with Crippen LogP contribution in [-0.2, 0) is 0 Å². The van der Waals surface area contributed by atoms with Crippen LogP contribution < -0.4 is 4.74 Å². The van der Waals surface area contributed by atoms with Crippen molar-refractivity contribution in [1.29, 1.82) is 0 Å². The standard InChI is InChI=1S/C11H7BrF3NO/c12-9-5-4-7-2-1-3-8(10(7)16-9)17-6-11(13,14)15/h1-5H,6H2. The van der Waals surface area contributed by atoms with Gasteiger partial charge in [0.05, 0.1) is 0 Å². The van der Waals surface area contributed by atoms with Crippen LogP contribution in [0.15, 0.2) is 34.9 Å². The van der Waals surface area contributed by atoms with Crippen LogP contribution in [0.25, 0.3) is 10.9 Å². The molecule has 0 saturated carbocycles. The quantitative estimate of drug-likeness (QED) is 0.784. The molecule has 2 rings (SSSR count). The van der Waals surface area contributed by atoms with Gasteiger partial charge in [-0.3, -0.25) is 0 Å². The number of fused-ring (bicyclic) bond motifs is 1. The number of aromatic nitrogens is 1. The normalized spacial score (nSPS) is 11.8. The van der Waals surface area contributed by atoms with Crippen molar-refractivity contribution in [2.75, 3.05) is 6.61 Å². The number of pyridine rings is 1. The van der Waals surface area contributed by atoms with E-state index < -0.39 is 12.8 Å². The van der Waals surface area contributed by atoms with E-state index in [1.807, 2.05) is 0 Å². The minimum atomic E-state index is -4.35. The lowest BCUT2D eigenvalue weighted by atomic mass is 10.2. The second kappa shape index (κ2) is 4.52. The third kappa shape index (κ3) is 3.09. The van der Waals surface area contributed by atoms with Crippen molar-refractivity contribution in [2.45, 2.75) is 6.18 Å². The largest absolute Gasteiger partial charge is 0.482 e. The number of hydrogen-bond acceptors (Lipinski definition) is 2. The lowest BCUT2D eigenvalue weighted by Crippen LogP contribution is -2.19. The summed E-state index contributed by atoms with van der Waals surface area (Å²) in [7, 11) is 0. The van der Waals surface area contributed by atoms with Gasteiger partial charge in [0.1, 0.15) is 15.9 Å². The Morgan fingerprint density at radius 1 is 1.18 bits per heavy atom. The highest BCUT2D eigenvalue weighted by molar-refractivity contribution is 9.10. The van der Waals surface area contributed by atoms with Crippen molar-refractivity contribution in [2.24, 2.45) is 0 Å². The number of alkyl halides is 3. The number of benzene rings is 1. The first-order valence-corrected chi connectivity index (χ1v) is 5.50. The molecule has 17 heavy (non-hydrogen) atoms. The molecule has 0 bridgehead atoms. The van der Waals surface area contributed by atoms with Crippen molar-refractivity contribution in [1.82, 2.24) is 4.98 Å². The third-order valence-corrected chi connectivity index (χ3v) is 2.48. The van der Waals surface area contributed by atoms with E-state index in [4.69, 9.17) is 4.74 Å². The van der Waals surface area contributed by atoms with E-state index in [2.05, 4.69) is 20.9 Å². The molecule has 2 aromatic rings. The highest BCUT2D eigenvalue weighted by Gasteiger charge is 2.28. The summed E-state index contributed by atoms with van der Waals surface area (Å²) in [6.45, 7) is -1.32. The van der Waals surface area contributed by atoms with Gasteiger partial charge in [-0.25, -0.2) is 4.98 Å². The summed E-state index contributed by atoms with van der Waals surface area (Å²) in [5.74, 6) is 0.126. The highest BCUT2D eigenvalue weighted by atomic mass is 79.9. The molecule has 0 saturated heterocycles. The fourth-order valence-corrected chi connectivity index (χ4v) is 1.68. The van der Waals surface area contributed by atoms with Crippen LogP contribution in [0.2, 0.25) is 0 Å². The predicted molar refractivity (Wildman–Crippen MR) is 61.0 cm³/mol. The molecule has 0 aliphatic rings. The smallest absolute Gasteiger partial charge is 0.422 e. The van der Waals surface area contributed by atoms with Crippen molar-refractivity contribution < 1.29 is 17.9 Å². The number of para-hydroxylation sites is 1. The summed E-state index contributed by atoms with van der Waals surface area (Å²) in [5, 5.41) is 0.730. The van der Waals surface area contributed by atoms with Gasteiger partial charge in [0.25, 0.3) is 0 Å². The summed E-state index contributed by atoms with van der Waals surface area (Å²) in [5.41, 5.74) is 0.408. The molecule has 0 atom stereocenters. The zero-order valence-corrected chi connectivity index (χ0v) is 10.0. The Balaban J connectivity index is 2.36. The molecule has 0 spiro atoms. The Morgan fingerprint density at radius 3 is 2.65 bits per heavy atom. The maximum Gasteiger partial charge on any atom is 0.422 e. The van der Waals surface area contributed by atoms with Crippen LogP contribution in [0, 0.1) is 0 Å². The van der Waals surface area contributed by atoms with E-state index in [1.165, 1.54) is 6.07 Å². The zero-order valence-electron chi connectivity index (χ0n) is 8.46. The van der Waals surface area contributed by atoms with Gasteiger partial charge in [0, 0.05) is 5.39 Å². The minimum absolute atomic E-state index is 0.126. The molecule has 1 heterocycles. The molecule has 0 aliphatic carbocycles. The molecule has 0 aliphatic heterocycles. The van der Waals surface area contributed by atoms with Crippen LogP contribution in [0.3, 0.4) is 0 Å². The maximum atomic E-state index is 12.1. The van der Waals surface area contributed by atoms with Crippen molar-refractivity contribution in [3.8, 4) is 5.75 Å². The average Bonchev–Trinajstić information content (AvgIpc) is 2.25. The molecular formula is C11H7BrF3NO. The monoisotopic (exact) mass is 305 g/mol. The molecule has 0 fully saturated rings. The molecule has 0 N–H and O–H groups in total. The van der Waals surface area contributed by atoms with Gasteiger partial charge in [-0.2, -0.15) is 13.2 Å². The number of hydrogen-bond donors (Lipinski definition) is 0. The van der Waals surface area contributed by atoms with Crippen molar-refractivity contribution >= 4 is 26.8 Å². The summed E-state index contributed by atoms with van der Waals surface area (Å²) < 4.78 is 41.5. The lowest BCUT2D eigenvalue weighted by molar-refractivity contribution is -0.153. The van der Waals surface area contributed by atoms with E-state index >= 15 is 0 Å². The topological polar surface area (TPSA) is 22.1 Å². The van der Waals surface area contributed by atoms with Crippen LogP contribution in [0.4, 0.5) is 13.2 Å². The van der Waals surface area contributed by atoms with Gasteiger partial charge < -0.3 is 4.74 Å². The van der Waals surface area contributed by atoms with E-state index in [0.29, 0.717) is 10.1 Å². The Kier molecular flexibility index (Phi) is 3.24. The van der Waals surface area contributed by atoms with Gasteiger partial charge in [-0.05, 0) is 34.1 Å². The highest BCUT2D eigenvalue weighted by Crippen LogP contribution is 2.27. The van der Waals surface area contributed by atoms with E-state index in [-0.39, 0.29) is 5.75 Å². The Morgan fingerprint density at radius 2 is 1.94 bits per heavy atom. The number of rotatable bonds is 2. The fraction of sp³-hybridized carbons (Fsp3) is 0.182. The minimum Gasteiger partial charge on any atom is -0.482 e. The fourth-order valence-electron chi connectivity index (χ4n) is 1.37. The van der Waals surface area contributed by atoms with Gasteiger partial charge >= 0.3 is 6.18 Å². The van der Waals surface area contributed by atoms with Crippen molar-refractivity contribution in [3.05, 3.63) is 34.9 Å². The van der Waals surface area contributed by atoms with Gasteiger partial charge in [-0.1, -0.05) is 12.1 Å². The summed E-state index contributed by atoms with van der Waals surface area (Å²) in [6.07, 6.45) is -4.35.